The fourth-order valence-corrected chi connectivity index (χ4v) is 3.66. The van der Waals surface area contributed by atoms with Gasteiger partial charge in [-0.25, -0.2) is 9.50 Å². The number of pyridine rings is 1. The third-order valence-electron chi connectivity index (χ3n) is 4.43. The van der Waals surface area contributed by atoms with Gasteiger partial charge in [0.1, 0.15) is 10.1 Å². The molecule has 8 nitrogen and oxygen atoms in total. The van der Waals surface area contributed by atoms with Crippen molar-refractivity contribution in [3.8, 4) is 11.8 Å². The number of aryl methyl sites for hydroxylation is 1. The van der Waals surface area contributed by atoms with Crippen LogP contribution in [0.5, 0.6) is 0 Å². The van der Waals surface area contributed by atoms with E-state index in [9.17, 15) is 14.9 Å². The van der Waals surface area contributed by atoms with Gasteiger partial charge < -0.3 is 5.32 Å². The Kier molecular flexibility index (Phi) is 4.20. The van der Waals surface area contributed by atoms with Gasteiger partial charge in [0.15, 0.2) is 5.65 Å². The second-order valence-corrected chi connectivity index (χ2v) is 6.94. The molecule has 4 aromatic rings. The Morgan fingerprint density at radius 1 is 1.29 bits per heavy atom. The van der Waals surface area contributed by atoms with Crippen molar-refractivity contribution in [2.75, 3.05) is 7.05 Å². The van der Waals surface area contributed by atoms with Crippen LogP contribution >= 0.6 is 15.9 Å². The van der Waals surface area contributed by atoms with Crippen LogP contribution in [0.3, 0.4) is 0 Å². The molecule has 3 aromatic heterocycles. The minimum atomic E-state index is -0.395. The molecule has 0 unspecified atom stereocenters. The molecule has 0 aliphatic heterocycles. The highest BCUT2D eigenvalue weighted by Gasteiger charge is 2.22. The van der Waals surface area contributed by atoms with Crippen molar-refractivity contribution in [2.24, 2.45) is 0 Å². The van der Waals surface area contributed by atoms with E-state index in [1.54, 1.807) is 37.4 Å². The molecule has 0 atom stereocenters. The molecule has 1 amide bonds. The molecule has 9 heteroatoms. The lowest BCUT2D eigenvalue weighted by Crippen LogP contribution is -2.27. The number of fused-ring (bicyclic) bond motifs is 3. The third-order valence-corrected chi connectivity index (χ3v) is 4.82. The number of nitrogens with zero attached hydrogens (tertiary/aromatic N) is 5. The predicted molar refractivity (Wildman–Crippen MR) is 107 cm³/mol. The molecule has 138 valence electrons. The zero-order valence-electron chi connectivity index (χ0n) is 14.9. The van der Waals surface area contributed by atoms with Crippen LogP contribution in [0.2, 0.25) is 0 Å². The summed E-state index contributed by atoms with van der Waals surface area (Å²) in [4.78, 5) is 30.3. The molecule has 0 saturated heterocycles. The second-order valence-electron chi connectivity index (χ2n) is 6.13. The summed E-state index contributed by atoms with van der Waals surface area (Å²) < 4.78 is 3.42. The Morgan fingerprint density at radius 2 is 2.07 bits per heavy atom. The van der Waals surface area contributed by atoms with Crippen molar-refractivity contribution >= 4 is 38.5 Å². The maximum atomic E-state index is 13.4. The van der Waals surface area contributed by atoms with Gasteiger partial charge in [-0.2, -0.15) is 10.4 Å². The van der Waals surface area contributed by atoms with Crippen LogP contribution in [0.25, 0.3) is 22.4 Å². The van der Waals surface area contributed by atoms with Crippen molar-refractivity contribution in [1.29, 1.82) is 5.26 Å². The van der Waals surface area contributed by atoms with E-state index in [1.165, 1.54) is 22.2 Å². The highest BCUT2D eigenvalue weighted by Crippen LogP contribution is 2.25. The highest BCUT2D eigenvalue weighted by atomic mass is 79.9. The van der Waals surface area contributed by atoms with Crippen molar-refractivity contribution in [3.05, 3.63) is 68.2 Å². The zero-order chi connectivity index (χ0) is 20.0. The van der Waals surface area contributed by atoms with Crippen molar-refractivity contribution < 1.29 is 4.79 Å². The number of rotatable bonds is 2. The van der Waals surface area contributed by atoms with E-state index in [4.69, 9.17) is 0 Å². The minimum Gasteiger partial charge on any atom is -0.355 e. The Hall–Kier alpha value is -3.51. The maximum absolute atomic E-state index is 13.4. The smallest absolute Gasteiger partial charge is 0.281 e. The molecule has 0 bridgehead atoms. The van der Waals surface area contributed by atoms with Gasteiger partial charge in [0.25, 0.3) is 11.5 Å². The lowest BCUT2D eigenvalue weighted by Gasteiger charge is -2.17. The first kappa shape index (κ1) is 17.9. The quantitative estimate of drug-likeness (QED) is 0.518. The summed E-state index contributed by atoms with van der Waals surface area (Å²) in [6.45, 7) is 1.76. The fourth-order valence-electron chi connectivity index (χ4n) is 3.29. The molecular formula is C19H13BrN6O2. The number of aromatic nitrogens is 4. The number of carbonyl (C=O) groups is 1. The number of hydrogen-bond donors (Lipinski definition) is 1. The van der Waals surface area contributed by atoms with Crippen LogP contribution in [0.15, 0.2) is 45.9 Å². The van der Waals surface area contributed by atoms with Gasteiger partial charge in [0.05, 0.1) is 28.4 Å². The molecule has 0 radical (unpaired) electrons. The number of carbonyl (C=O) groups excluding carboxylic acids is 1. The van der Waals surface area contributed by atoms with E-state index < -0.39 is 5.91 Å². The Morgan fingerprint density at radius 3 is 2.79 bits per heavy atom. The largest absolute Gasteiger partial charge is 0.355 e. The van der Waals surface area contributed by atoms with Crippen molar-refractivity contribution in [2.45, 2.75) is 6.92 Å². The van der Waals surface area contributed by atoms with Gasteiger partial charge in [0.2, 0.25) is 0 Å². The maximum Gasteiger partial charge on any atom is 0.281 e. The molecule has 0 spiro atoms. The topological polar surface area (TPSA) is 105 Å². The van der Waals surface area contributed by atoms with Crippen LogP contribution in [-0.4, -0.2) is 32.1 Å². The Labute approximate surface area is 167 Å². The van der Waals surface area contributed by atoms with Crippen LogP contribution in [0, 0.1) is 18.3 Å². The first-order valence-electron chi connectivity index (χ1n) is 8.28. The SMILES string of the molecule is CNC(=O)c1cc(C#N)cc(C)c1-n1c(=O)c2cc(Br)nn2c2ncccc21. The van der Waals surface area contributed by atoms with E-state index in [0.717, 1.165) is 0 Å². The number of halogens is 1. The zero-order valence-corrected chi connectivity index (χ0v) is 16.5. The molecule has 0 aliphatic rings. The van der Waals surface area contributed by atoms with E-state index in [0.29, 0.717) is 38.1 Å². The molecule has 3 heterocycles. The lowest BCUT2D eigenvalue weighted by atomic mass is 10.0. The summed E-state index contributed by atoms with van der Waals surface area (Å²) in [6.07, 6.45) is 1.61. The summed E-state index contributed by atoms with van der Waals surface area (Å²) in [5, 5.41) is 16.2. The summed E-state index contributed by atoms with van der Waals surface area (Å²) in [5.74, 6) is -0.395. The molecule has 0 fully saturated rings. The van der Waals surface area contributed by atoms with Crippen LogP contribution in [0.4, 0.5) is 0 Å². The van der Waals surface area contributed by atoms with E-state index >= 15 is 0 Å². The summed E-state index contributed by atoms with van der Waals surface area (Å²) in [7, 11) is 1.50. The van der Waals surface area contributed by atoms with E-state index in [2.05, 4.69) is 37.4 Å². The van der Waals surface area contributed by atoms with Crippen LogP contribution in [-0.2, 0) is 0 Å². The third kappa shape index (κ3) is 2.58. The monoisotopic (exact) mass is 436 g/mol. The first-order valence-corrected chi connectivity index (χ1v) is 9.07. The van der Waals surface area contributed by atoms with Gasteiger partial charge in [-0.15, -0.1) is 0 Å². The fraction of sp³-hybridized carbons (Fsp3) is 0.105. The summed E-state index contributed by atoms with van der Waals surface area (Å²) in [5.41, 5.74) is 2.51. The van der Waals surface area contributed by atoms with Gasteiger partial charge >= 0.3 is 0 Å². The van der Waals surface area contributed by atoms with Crippen molar-refractivity contribution in [1.82, 2.24) is 24.5 Å². The molecule has 0 aliphatic carbocycles. The average Bonchev–Trinajstić information content (AvgIpc) is 3.10. The second kappa shape index (κ2) is 6.58. The molecule has 4 rings (SSSR count). The number of amides is 1. The number of benzene rings is 1. The molecule has 0 saturated carbocycles. The number of nitrogens with one attached hydrogen (secondary N) is 1. The molecule has 1 aromatic carbocycles. The summed E-state index contributed by atoms with van der Waals surface area (Å²) in [6, 6.07) is 10.2. The summed E-state index contributed by atoms with van der Waals surface area (Å²) >= 11 is 3.30. The Balaban J connectivity index is 2.25. The standard InChI is InChI=1S/C19H13BrN6O2/c1-10-6-11(9-21)7-12(18(27)22-2)16(10)25-13-4-3-5-23-17(13)26-14(19(25)28)8-15(20)24-26/h3-8H,1-2H3,(H,22,27). The van der Waals surface area contributed by atoms with Gasteiger partial charge in [-0.1, -0.05) is 0 Å². The molecule has 28 heavy (non-hydrogen) atoms. The van der Waals surface area contributed by atoms with Crippen molar-refractivity contribution in [3.63, 3.8) is 0 Å². The molecular weight excluding hydrogens is 424 g/mol. The van der Waals surface area contributed by atoms with Crippen LogP contribution < -0.4 is 10.9 Å². The number of hydrogen-bond acceptors (Lipinski definition) is 5. The highest BCUT2D eigenvalue weighted by molar-refractivity contribution is 9.10. The van der Waals surface area contributed by atoms with Crippen LogP contribution in [0.1, 0.15) is 21.5 Å². The predicted octanol–water partition coefficient (Wildman–Crippen LogP) is 2.34. The molecule has 1 N–H and O–H groups in total. The first-order chi connectivity index (χ1) is 13.5. The normalized spacial score (nSPS) is 10.9. The van der Waals surface area contributed by atoms with Gasteiger partial charge in [-0.3, -0.25) is 14.2 Å². The van der Waals surface area contributed by atoms with E-state index in [1.807, 2.05) is 0 Å². The van der Waals surface area contributed by atoms with Gasteiger partial charge in [0, 0.05) is 19.3 Å². The Bertz CT molecular complexity index is 1380. The lowest BCUT2D eigenvalue weighted by molar-refractivity contribution is 0.0963. The van der Waals surface area contributed by atoms with Gasteiger partial charge in [-0.05, 0) is 52.7 Å². The number of nitriles is 1. The van der Waals surface area contributed by atoms with E-state index in [-0.39, 0.29) is 11.1 Å². The average molecular weight is 437 g/mol. The minimum absolute atomic E-state index is 0.231.